The summed E-state index contributed by atoms with van der Waals surface area (Å²) in [6, 6.07) is 11.5. The molecule has 0 bridgehead atoms. The molecule has 0 unspecified atom stereocenters. The zero-order valence-corrected chi connectivity index (χ0v) is 17.7. The van der Waals surface area contributed by atoms with Crippen LogP contribution in [-0.4, -0.2) is 20.7 Å². The van der Waals surface area contributed by atoms with Gasteiger partial charge in [-0.05, 0) is 52.0 Å². The lowest BCUT2D eigenvalue weighted by Crippen LogP contribution is -2.25. The van der Waals surface area contributed by atoms with Crippen molar-refractivity contribution in [2.24, 2.45) is 0 Å². The van der Waals surface area contributed by atoms with Crippen LogP contribution in [0, 0.1) is 22.9 Å². The third-order valence-electron chi connectivity index (χ3n) is 4.12. The number of benzene rings is 2. The fourth-order valence-electron chi connectivity index (χ4n) is 2.72. The minimum Gasteiger partial charge on any atom is -0.403 e. The van der Waals surface area contributed by atoms with Gasteiger partial charge in [-0.1, -0.05) is 30.0 Å². The van der Waals surface area contributed by atoms with Crippen LogP contribution in [0.1, 0.15) is 36.8 Å². The maximum absolute atomic E-state index is 13.5. The molecule has 30 heavy (non-hydrogen) atoms. The summed E-state index contributed by atoms with van der Waals surface area (Å²) in [6.45, 7) is 7.40. The Morgan fingerprint density at radius 2 is 1.90 bits per heavy atom. The van der Waals surface area contributed by atoms with E-state index in [1.165, 1.54) is 24.3 Å². The number of para-hydroxylation sites is 1. The van der Waals surface area contributed by atoms with Crippen molar-refractivity contribution < 1.29 is 18.8 Å². The summed E-state index contributed by atoms with van der Waals surface area (Å²) in [7, 11) is 0. The van der Waals surface area contributed by atoms with Crippen LogP contribution >= 0.6 is 11.8 Å². The molecule has 9 heteroatoms. The molecule has 2 aromatic carbocycles. The number of hydrogen-bond acceptors (Lipinski definition) is 6. The van der Waals surface area contributed by atoms with Crippen LogP contribution in [0.4, 0.5) is 10.1 Å². The molecular weight excluding hydrogens is 409 g/mol. The van der Waals surface area contributed by atoms with E-state index in [-0.39, 0.29) is 17.1 Å². The van der Waals surface area contributed by atoms with Gasteiger partial charge in [0.05, 0.1) is 31.5 Å². The third kappa shape index (κ3) is 4.51. The number of esters is 1. The summed E-state index contributed by atoms with van der Waals surface area (Å²) in [6.07, 6.45) is 0. The molecule has 0 fully saturated rings. The fourth-order valence-corrected chi connectivity index (χ4v) is 3.74. The highest BCUT2D eigenvalue weighted by Crippen LogP contribution is 2.43. The number of nitro benzene ring substituents is 1. The molecule has 0 saturated heterocycles. The molecule has 0 aliphatic heterocycles. The Morgan fingerprint density at radius 1 is 1.20 bits per heavy atom. The summed E-state index contributed by atoms with van der Waals surface area (Å²) < 4.78 is 20.7. The van der Waals surface area contributed by atoms with Gasteiger partial charge in [-0.25, -0.2) is 13.9 Å². The number of nitro groups is 1. The van der Waals surface area contributed by atoms with Crippen molar-refractivity contribution >= 4 is 23.4 Å². The van der Waals surface area contributed by atoms with E-state index in [4.69, 9.17) is 4.74 Å². The second kappa shape index (κ2) is 8.27. The Hall–Kier alpha value is -3.20. The first-order valence-electron chi connectivity index (χ1n) is 9.07. The molecular formula is C21H20FN3O4S. The molecule has 0 N–H and O–H groups in total. The maximum atomic E-state index is 13.5. The van der Waals surface area contributed by atoms with Crippen LogP contribution < -0.4 is 4.74 Å². The first-order valence-corrected chi connectivity index (χ1v) is 9.88. The predicted molar refractivity (Wildman–Crippen MR) is 111 cm³/mol. The third-order valence-corrected chi connectivity index (χ3v) is 5.36. The molecule has 0 atom stereocenters. The largest absolute Gasteiger partial charge is 0.403 e. The summed E-state index contributed by atoms with van der Waals surface area (Å²) in [5, 5.41) is 15.9. The molecule has 156 valence electrons. The van der Waals surface area contributed by atoms with Crippen LogP contribution in [0.25, 0.3) is 0 Å². The van der Waals surface area contributed by atoms with Crippen molar-refractivity contribution in [3.63, 3.8) is 0 Å². The van der Waals surface area contributed by atoms with Crippen molar-refractivity contribution in [3.8, 4) is 5.88 Å². The maximum Gasteiger partial charge on any atom is 0.344 e. The van der Waals surface area contributed by atoms with Gasteiger partial charge >= 0.3 is 5.97 Å². The van der Waals surface area contributed by atoms with Gasteiger partial charge < -0.3 is 4.74 Å². The highest BCUT2D eigenvalue weighted by molar-refractivity contribution is 7.99. The van der Waals surface area contributed by atoms with Crippen molar-refractivity contribution in [1.82, 2.24) is 9.78 Å². The Morgan fingerprint density at radius 3 is 2.53 bits per heavy atom. The molecule has 3 aromatic rings. The van der Waals surface area contributed by atoms with Gasteiger partial charge in [-0.2, -0.15) is 5.10 Å². The van der Waals surface area contributed by atoms with E-state index in [0.29, 0.717) is 15.5 Å². The second-order valence-corrected chi connectivity index (χ2v) is 8.58. The quantitative estimate of drug-likeness (QED) is 0.308. The zero-order chi connectivity index (χ0) is 22.1. The molecule has 0 radical (unpaired) electrons. The molecule has 0 amide bonds. The van der Waals surface area contributed by atoms with E-state index in [2.05, 4.69) is 5.10 Å². The first kappa shape index (κ1) is 21.5. The Labute approximate surface area is 177 Å². The average Bonchev–Trinajstić information content (AvgIpc) is 2.98. The standard InChI is InChI=1S/C21H20FN3O4S/c1-13-18(30-17-11-6-5-10-16(17)25(27)28)19(24(23-13)21(2,3)4)29-20(26)14-8-7-9-15(22)12-14/h5-12H,1-4H3. The molecule has 1 heterocycles. The zero-order valence-electron chi connectivity index (χ0n) is 16.9. The topological polar surface area (TPSA) is 87.3 Å². The Bertz CT molecular complexity index is 1120. The molecule has 0 aliphatic rings. The van der Waals surface area contributed by atoms with Gasteiger partial charge in [0, 0.05) is 6.07 Å². The van der Waals surface area contributed by atoms with Crippen LogP contribution in [0.15, 0.2) is 58.3 Å². The highest BCUT2D eigenvalue weighted by atomic mass is 32.2. The van der Waals surface area contributed by atoms with E-state index in [0.717, 1.165) is 17.8 Å². The number of halogens is 1. The highest BCUT2D eigenvalue weighted by Gasteiger charge is 2.29. The minimum absolute atomic E-state index is 0.0518. The van der Waals surface area contributed by atoms with Gasteiger partial charge in [0.25, 0.3) is 5.69 Å². The van der Waals surface area contributed by atoms with Crippen molar-refractivity contribution in [1.29, 1.82) is 0 Å². The molecule has 7 nitrogen and oxygen atoms in total. The normalized spacial score (nSPS) is 11.4. The fraction of sp³-hybridized carbons (Fsp3) is 0.238. The summed E-state index contributed by atoms with van der Waals surface area (Å²) in [4.78, 5) is 24.5. The van der Waals surface area contributed by atoms with Crippen LogP contribution in [-0.2, 0) is 5.54 Å². The Balaban J connectivity index is 2.07. The van der Waals surface area contributed by atoms with Crippen LogP contribution in [0.5, 0.6) is 5.88 Å². The number of carbonyl (C=O) groups excluding carboxylic acids is 1. The van der Waals surface area contributed by atoms with Gasteiger partial charge in [0.15, 0.2) is 0 Å². The molecule has 3 rings (SSSR count). The SMILES string of the molecule is Cc1nn(C(C)(C)C)c(OC(=O)c2cccc(F)c2)c1Sc1ccccc1[N+](=O)[O-]. The van der Waals surface area contributed by atoms with Gasteiger partial charge in [-0.15, -0.1) is 0 Å². The molecule has 0 saturated carbocycles. The lowest BCUT2D eigenvalue weighted by Gasteiger charge is -2.22. The smallest absolute Gasteiger partial charge is 0.344 e. The van der Waals surface area contributed by atoms with Gasteiger partial charge in [0.1, 0.15) is 5.82 Å². The van der Waals surface area contributed by atoms with E-state index < -0.39 is 22.2 Å². The molecule has 0 aliphatic carbocycles. The summed E-state index contributed by atoms with van der Waals surface area (Å²) >= 11 is 1.10. The predicted octanol–water partition coefficient (Wildman–Crippen LogP) is 5.36. The summed E-state index contributed by atoms with van der Waals surface area (Å²) in [5.41, 5.74) is 0.00268. The number of hydrogen-bond donors (Lipinski definition) is 0. The van der Waals surface area contributed by atoms with E-state index in [9.17, 15) is 19.3 Å². The number of carbonyl (C=O) groups is 1. The lowest BCUT2D eigenvalue weighted by molar-refractivity contribution is -0.387. The number of aryl methyl sites for hydroxylation is 1. The van der Waals surface area contributed by atoms with Gasteiger partial charge in [-0.3, -0.25) is 10.1 Å². The van der Waals surface area contributed by atoms with E-state index in [1.54, 1.807) is 29.8 Å². The number of aromatic nitrogens is 2. The average molecular weight is 429 g/mol. The van der Waals surface area contributed by atoms with E-state index in [1.807, 2.05) is 20.8 Å². The Kier molecular flexibility index (Phi) is 5.93. The van der Waals surface area contributed by atoms with Crippen molar-refractivity contribution in [2.75, 3.05) is 0 Å². The molecule has 0 spiro atoms. The van der Waals surface area contributed by atoms with Crippen LogP contribution in [0.2, 0.25) is 0 Å². The minimum atomic E-state index is -0.746. The number of rotatable bonds is 5. The molecule has 1 aromatic heterocycles. The summed E-state index contributed by atoms with van der Waals surface area (Å²) in [5.74, 6) is -1.15. The van der Waals surface area contributed by atoms with E-state index >= 15 is 0 Å². The number of nitrogens with zero attached hydrogens (tertiary/aromatic N) is 3. The monoisotopic (exact) mass is 429 g/mol. The van der Waals surface area contributed by atoms with Crippen molar-refractivity contribution in [3.05, 3.63) is 75.7 Å². The van der Waals surface area contributed by atoms with Crippen molar-refractivity contribution in [2.45, 2.75) is 43.0 Å². The van der Waals surface area contributed by atoms with Gasteiger partial charge in [0.2, 0.25) is 5.88 Å². The van der Waals surface area contributed by atoms with Crippen LogP contribution in [0.3, 0.4) is 0 Å². The second-order valence-electron chi connectivity index (χ2n) is 7.53. The lowest BCUT2D eigenvalue weighted by atomic mass is 10.1. The first-order chi connectivity index (χ1) is 14.1. The number of ether oxygens (including phenoxy) is 1.